The molecule has 1 N–H and O–H groups in total. The predicted molar refractivity (Wildman–Crippen MR) is 89.3 cm³/mol. The third-order valence-corrected chi connectivity index (χ3v) is 5.47. The highest BCUT2D eigenvalue weighted by atomic mass is 32.1. The highest BCUT2D eigenvalue weighted by Gasteiger charge is 2.48. The Morgan fingerprint density at radius 3 is 2.79 bits per heavy atom. The molecule has 1 aliphatic rings. The third kappa shape index (κ3) is 3.53. The molecule has 1 aromatic heterocycles. The van der Waals surface area contributed by atoms with Crippen molar-refractivity contribution < 1.29 is 19.1 Å². The minimum absolute atomic E-state index is 0.0276. The van der Waals surface area contributed by atoms with Crippen molar-refractivity contribution >= 4 is 23.1 Å². The first kappa shape index (κ1) is 16.8. The number of ketones is 1. The van der Waals surface area contributed by atoms with E-state index in [4.69, 9.17) is 0 Å². The number of carbonyl (C=O) groups is 2. The van der Waals surface area contributed by atoms with Crippen LogP contribution < -0.4 is 0 Å². The topological polar surface area (TPSA) is 67.3 Å². The Morgan fingerprint density at radius 1 is 1.42 bits per heavy atom. The van der Waals surface area contributed by atoms with Crippen molar-refractivity contribution in [3.8, 4) is 10.6 Å². The first-order chi connectivity index (χ1) is 11.4. The van der Waals surface area contributed by atoms with Crippen molar-refractivity contribution in [2.75, 3.05) is 0 Å². The van der Waals surface area contributed by atoms with Crippen molar-refractivity contribution in [3.63, 3.8) is 0 Å². The molecule has 0 bridgehead atoms. The highest BCUT2D eigenvalue weighted by Crippen LogP contribution is 2.48. The molecule has 1 heterocycles. The van der Waals surface area contributed by atoms with E-state index < -0.39 is 11.4 Å². The van der Waals surface area contributed by atoms with E-state index in [-0.39, 0.29) is 30.4 Å². The first-order valence-electron chi connectivity index (χ1n) is 7.84. The van der Waals surface area contributed by atoms with Crippen LogP contribution >= 0.6 is 11.3 Å². The molecule has 1 atom stereocenters. The summed E-state index contributed by atoms with van der Waals surface area (Å²) < 4.78 is 13.3. The maximum absolute atomic E-state index is 13.3. The molecule has 0 saturated heterocycles. The van der Waals surface area contributed by atoms with Gasteiger partial charge in [-0.1, -0.05) is 12.1 Å². The summed E-state index contributed by atoms with van der Waals surface area (Å²) in [7, 11) is 0. The fraction of sp³-hybridized carbons (Fsp3) is 0.389. The van der Waals surface area contributed by atoms with Crippen LogP contribution in [0.3, 0.4) is 0 Å². The van der Waals surface area contributed by atoms with Crippen LogP contribution in [-0.2, 0) is 16.0 Å². The summed E-state index contributed by atoms with van der Waals surface area (Å²) in [4.78, 5) is 28.2. The number of benzene rings is 1. The predicted octanol–water partition coefficient (Wildman–Crippen LogP) is 3.95. The van der Waals surface area contributed by atoms with Gasteiger partial charge in [0.25, 0.3) is 0 Å². The number of aromatic nitrogens is 1. The van der Waals surface area contributed by atoms with Crippen molar-refractivity contribution in [1.29, 1.82) is 0 Å². The second-order valence-electron chi connectivity index (χ2n) is 6.54. The molecule has 24 heavy (non-hydrogen) atoms. The molecule has 126 valence electrons. The van der Waals surface area contributed by atoms with Crippen LogP contribution in [0.25, 0.3) is 10.6 Å². The van der Waals surface area contributed by atoms with Gasteiger partial charge in [-0.3, -0.25) is 9.59 Å². The molecule has 0 radical (unpaired) electrons. The number of halogens is 1. The average molecular weight is 347 g/mol. The third-order valence-electron chi connectivity index (χ3n) is 4.53. The molecule has 4 nitrogen and oxygen atoms in total. The summed E-state index contributed by atoms with van der Waals surface area (Å²) in [5.74, 6) is -1.26. The Labute approximate surface area is 143 Å². The van der Waals surface area contributed by atoms with Gasteiger partial charge in [-0.05, 0) is 37.8 Å². The number of rotatable bonds is 7. The number of carbonyl (C=O) groups excluding carboxylic acids is 1. The van der Waals surface area contributed by atoms with Gasteiger partial charge >= 0.3 is 5.97 Å². The second-order valence-corrected chi connectivity index (χ2v) is 7.40. The summed E-state index contributed by atoms with van der Waals surface area (Å²) in [6, 6.07) is 6.15. The highest BCUT2D eigenvalue weighted by molar-refractivity contribution is 7.13. The summed E-state index contributed by atoms with van der Waals surface area (Å²) in [6.45, 7) is 1.66. The van der Waals surface area contributed by atoms with Crippen LogP contribution in [0.15, 0.2) is 29.6 Å². The number of aliphatic carboxylic acids is 1. The van der Waals surface area contributed by atoms with Crippen LogP contribution in [0.4, 0.5) is 4.39 Å². The maximum Gasteiger partial charge on any atom is 0.310 e. The molecule has 0 aliphatic heterocycles. The lowest BCUT2D eigenvalue weighted by Gasteiger charge is -2.23. The van der Waals surface area contributed by atoms with Gasteiger partial charge in [0.2, 0.25) is 0 Å². The largest absolute Gasteiger partial charge is 0.481 e. The first-order valence-corrected chi connectivity index (χ1v) is 8.72. The summed E-state index contributed by atoms with van der Waals surface area (Å²) in [5, 5.41) is 11.9. The van der Waals surface area contributed by atoms with Gasteiger partial charge in [0, 0.05) is 23.8 Å². The second kappa shape index (κ2) is 6.43. The Kier molecular flexibility index (Phi) is 4.49. The minimum Gasteiger partial charge on any atom is -0.481 e. The number of Topliss-reactive ketones (excluding diaryl/α,β-unsaturated/α-hetero) is 1. The molecular weight excluding hydrogens is 329 g/mol. The Balaban J connectivity index is 1.68. The van der Waals surface area contributed by atoms with E-state index >= 15 is 0 Å². The fourth-order valence-corrected chi connectivity index (χ4v) is 3.75. The van der Waals surface area contributed by atoms with E-state index in [1.54, 1.807) is 24.4 Å². The maximum atomic E-state index is 13.3. The molecule has 1 unspecified atom stereocenters. The number of thiazole rings is 1. The zero-order valence-electron chi connectivity index (χ0n) is 13.3. The zero-order valence-corrected chi connectivity index (χ0v) is 14.1. The van der Waals surface area contributed by atoms with Gasteiger partial charge < -0.3 is 5.11 Å². The normalized spacial score (nSPS) is 16.6. The van der Waals surface area contributed by atoms with Gasteiger partial charge in [-0.2, -0.15) is 0 Å². The van der Waals surface area contributed by atoms with Crippen molar-refractivity contribution in [2.24, 2.45) is 11.3 Å². The van der Waals surface area contributed by atoms with Crippen LogP contribution in [0, 0.1) is 17.2 Å². The van der Waals surface area contributed by atoms with Crippen molar-refractivity contribution in [3.05, 3.63) is 41.2 Å². The standard InChI is InChI=1S/C18H18FNO3S/c1-18(17(22)23,12-5-6-12)9-15(21)8-14-10-24-16(20-14)11-3-2-4-13(19)7-11/h2-4,7,10,12H,5-6,8-9H2,1H3,(H,22,23). The van der Waals surface area contributed by atoms with E-state index in [1.165, 1.54) is 23.5 Å². The average Bonchev–Trinajstić information content (AvgIpc) is 3.28. The van der Waals surface area contributed by atoms with E-state index in [0.29, 0.717) is 16.3 Å². The van der Waals surface area contributed by atoms with Gasteiger partial charge in [0.05, 0.1) is 11.1 Å². The van der Waals surface area contributed by atoms with Crippen molar-refractivity contribution in [2.45, 2.75) is 32.6 Å². The SMILES string of the molecule is CC(CC(=O)Cc1csc(-c2cccc(F)c2)n1)(C(=O)O)C1CC1. The monoisotopic (exact) mass is 347 g/mol. The molecule has 6 heteroatoms. The van der Waals surface area contributed by atoms with Gasteiger partial charge in [0.1, 0.15) is 16.6 Å². The van der Waals surface area contributed by atoms with Crippen LogP contribution in [0.2, 0.25) is 0 Å². The summed E-state index contributed by atoms with van der Waals surface area (Å²) in [6.07, 6.45) is 1.88. The van der Waals surface area contributed by atoms with E-state index in [1.807, 2.05) is 0 Å². The molecule has 1 saturated carbocycles. The molecule has 2 aromatic rings. The molecule has 1 aromatic carbocycles. The lowest BCUT2D eigenvalue weighted by atomic mass is 9.79. The lowest BCUT2D eigenvalue weighted by Crippen LogP contribution is -2.33. The Hall–Kier alpha value is -2.08. The quantitative estimate of drug-likeness (QED) is 0.823. The molecule has 1 fully saturated rings. The summed E-state index contributed by atoms with van der Waals surface area (Å²) in [5.41, 5.74) is 0.304. The van der Waals surface area contributed by atoms with Crippen LogP contribution in [-0.4, -0.2) is 21.8 Å². The van der Waals surface area contributed by atoms with Crippen LogP contribution in [0.1, 0.15) is 31.9 Å². The van der Waals surface area contributed by atoms with Gasteiger partial charge in [-0.25, -0.2) is 9.37 Å². The fourth-order valence-electron chi connectivity index (χ4n) is 2.93. The van der Waals surface area contributed by atoms with E-state index in [9.17, 15) is 19.1 Å². The van der Waals surface area contributed by atoms with Gasteiger partial charge in [-0.15, -0.1) is 11.3 Å². The number of carboxylic acids is 1. The van der Waals surface area contributed by atoms with Crippen molar-refractivity contribution in [1.82, 2.24) is 4.98 Å². The number of hydrogen-bond acceptors (Lipinski definition) is 4. The Morgan fingerprint density at radius 2 is 2.17 bits per heavy atom. The molecule has 0 amide bonds. The van der Waals surface area contributed by atoms with E-state index in [0.717, 1.165) is 12.8 Å². The molecule has 1 aliphatic carbocycles. The number of nitrogens with zero attached hydrogens (tertiary/aromatic N) is 1. The zero-order chi connectivity index (χ0) is 17.3. The number of hydrogen-bond donors (Lipinski definition) is 1. The van der Waals surface area contributed by atoms with Gasteiger partial charge in [0.15, 0.2) is 0 Å². The minimum atomic E-state index is -0.974. The van der Waals surface area contributed by atoms with Crippen LogP contribution in [0.5, 0.6) is 0 Å². The Bertz CT molecular complexity index is 784. The lowest BCUT2D eigenvalue weighted by molar-refractivity contribution is -0.151. The molecule has 3 rings (SSSR count). The molecular formula is C18H18FNO3S. The smallest absolute Gasteiger partial charge is 0.310 e. The summed E-state index contributed by atoms with van der Waals surface area (Å²) >= 11 is 1.35. The number of carboxylic acid groups (broad SMARTS) is 1. The van der Waals surface area contributed by atoms with E-state index in [2.05, 4.69) is 4.98 Å². The molecule has 0 spiro atoms.